The van der Waals surface area contributed by atoms with Crippen LogP contribution in [-0.2, 0) is 17.9 Å². The number of thiazole rings is 1. The van der Waals surface area contributed by atoms with Crippen molar-refractivity contribution in [1.82, 2.24) is 14.8 Å². The molecule has 0 aliphatic rings. The minimum atomic E-state index is -0.0646. The van der Waals surface area contributed by atoms with E-state index < -0.39 is 0 Å². The minimum Gasteiger partial charge on any atom is -0.282 e. The predicted molar refractivity (Wildman–Crippen MR) is 114 cm³/mol. The van der Waals surface area contributed by atoms with Gasteiger partial charge in [-0.05, 0) is 37.6 Å². The number of aromatic nitrogens is 3. The van der Waals surface area contributed by atoms with E-state index in [2.05, 4.69) is 10.1 Å². The summed E-state index contributed by atoms with van der Waals surface area (Å²) in [5.41, 5.74) is 3.61. The smallest absolute Gasteiger partial charge is 0.250 e. The largest absolute Gasteiger partial charge is 0.282 e. The van der Waals surface area contributed by atoms with Crippen LogP contribution in [0, 0.1) is 13.8 Å². The van der Waals surface area contributed by atoms with Gasteiger partial charge in [0.2, 0.25) is 0 Å². The lowest BCUT2D eigenvalue weighted by Gasteiger charge is -2.20. The van der Waals surface area contributed by atoms with Crippen LogP contribution in [0.4, 0.5) is 5.13 Å². The third kappa shape index (κ3) is 3.79. The van der Waals surface area contributed by atoms with Crippen molar-refractivity contribution in [2.75, 3.05) is 4.90 Å². The van der Waals surface area contributed by atoms with Gasteiger partial charge in [0.05, 0.1) is 22.0 Å². The summed E-state index contributed by atoms with van der Waals surface area (Å²) >= 11 is 7.76. The van der Waals surface area contributed by atoms with Gasteiger partial charge in [0, 0.05) is 5.69 Å². The molecule has 7 heteroatoms. The lowest BCUT2D eigenvalue weighted by atomic mass is 10.2. The molecule has 0 aliphatic carbocycles. The van der Waals surface area contributed by atoms with Crippen LogP contribution in [0.15, 0.2) is 54.6 Å². The highest BCUT2D eigenvalue weighted by Crippen LogP contribution is 2.33. The molecule has 0 aliphatic heterocycles. The maximum Gasteiger partial charge on any atom is 0.250 e. The molecule has 5 nitrogen and oxygen atoms in total. The standard InChI is InChI=1S/C21H19ClN4OS/c1-14-11-15(2)26(24-14)13-19(27)25(12-16-7-4-3-5-8-16)21-23-20-17(22)9-6-10-18(20)28-21/h3-11H,12-13H2,1-2H3. The van der Waals surface area contributed by atoms with E-state index in [0.717, 1.165) is 27.2 Å². The van der Waals surface area contributed by atoms with Gasteiger partial charge in [-0.3, -0.25) is 14.4 Å². The van der Waals surface area contributed by atoms with Crippen molar-refractivity contribution in [3.8, 4) is 0 Å². The number of hydrogen-bond acceptors (Lipinski definition) is 4. The predicted octanol–water partition coefficient (Wildman–Crippen LogP) is 5.00. The Labute approximate surface area is 172 Å². The fraction of sp³-hybridized carbons (Fsp3) is 0.190. The van der Waals surface area contributed by atoms with Crippen molar-refractivity contribution < 1.29 is 4.79 Å². The molecule has 0 N–H and O–H groups in total. The van der Waals surface area contributed by atoms with E-state index in [-0.39, 0.29) is 12.5 Å². The summed E-state index contributed by atoms with van der Waals surface area (Å²) in [7, 11) is 0. The average molecular weight is 411 g/mol. The van der Waals surface area contributed by atoms with Crippen LogP contribution < -0.4 is 4.90 Å². The molecule has 4 aromatic rings. The molecule has 0 bridgehead atoms. The summed E-state index contributed by atoms with van der Waals surface area (Å²) in [4.78, 5) is 19.6. The Hall–Kier alpha value is -2.70. The SMILES string of the molecule is Cc1cc(C)n(CC(=O)N(Cc2ccccc2)c2nc3c(Cl)cccc3s2)n1. The highest BCUT2D eigenvalue weighted by Gasteiger charge is 2.22. The molecule has 0 unspecified atom stereocenters. The second-order valence-electron chi connectivity index (χ2n) is 6.63. The molecule has 0 fully saturated rings. The van der Waals surface area contributed by atoms with Crippen molar-refractivity contribution in [3.63, 3.8) is 0 Å². The fourth-order valence-electron chi connectivity index (χ4n) is 3.10. The molecule has 142 valence electrons. The number of carbonyl (C=O) groups is 1. The number of fused-ring (bicyclic) bond motifs is 1. The van der Waals surface area contributed by atoms with Crippen LogP contribution in [0.2, 0.25) is 5.02 Å². The van der Waals surface area contributed by atoms with Gasteiger partial charge in [-0.25, -0.2) is 4.98 Å². The Morgan fingerprint density at radius 2 is 1.93 bits per heavy atom. The molecule has 28 heavy (non-hydrogen) atoms. The molecule has 0 atom stereocenters. The summed E-state index contributed by atoms with van der Waals surface area (Å²) in [6.07, 6.45) is 0. The first-order chi connectivity index (χ1) is 13.5. The van der Waals surface area contributed by atoms with E-state index in [1.54, 1.807) is 9.58 Å². The van der Waals surface area contributed by atoms with Crippen molar-refractivity contribution in [2.45, 2.75) is 26.9 Å². The summed E-state index contributed by atoms with van der Waals surface area (Å²) in [5, 5.41) is 5.65. The Morgan fingerprint density at radius 3 is 2.61 bits per heavy atom. The van der Waals surface area contributed by atoms with E-state index in [1.165, 1.54) is 11.3 Å². The highest BCUT2D eigenvalue weighted by atomic mass is 35.5. The van der Waals surface area contributed by atoms with Crippen molar-refractivity contribution in [2.24, 2.45) is 0 Å². The molecule has 0 saturated heterocycles. The van der Waals surface area contributed by atoms with Crippen molar-refractivity contribution in [3.05, 3.63) is 76.6 Å². The Kier molecular flexibility index (Phi) is 5.15. The number of benzene rings is 2. The lowest BCUT2D eigenvalue weighted by Crippen LogP contribution is -2.34. The molecule has 0 radical (unpaired) electrons. The van der Waals surface area contributed by atoms with Crippen molar-refractivity contribution >= 4 is 44.2 Å². The minimum absolute atomic E-state index is 0.0646. The zero-order chi connectivity index (χ0) is 19.7. The molecule has 2 aromatic heterocycles. The van der Waals surface area contributed by atoms with Gasteiger partial charge in [0.25, 0.3) is 5.91 Å². The number of amides is 1. The monoisotopic (exact) mass is 410 g/mol. The molecular formula is C21H19ClN4OS. The van der Waals surface area contributed by atoms with E-state index in [0.29, 0.717) is 16.7 Å². The topological polar surface area (TPSA) is 51.0 Å². The molecule has 4 rings (SSSR count). The number of rotatable bonds is 5. The van der Waals surface area contributed by atoms with E-state index in [9.17, 15) is 4.79 Å². The van der Waals surface area contributed by atoms with Crippen LogP contribution >= 0.6 is 22.9 Å². The second kappa shape index (κ2) is 7.73. The molecule has 0 spiro atoms. The molecule has 2 heterocycles. The van der Waals surface area contributed by atoms with Crippen LogP contribution in [0.1, 0.15) is 17.0 Å². The molecule has 1 amide bonds. The van der Waals surface area contributed by atoms with Gasteiger partial charge < -0.3 is 0 Å². The first-order valence-electron chi connectivity index (χ1n) is 8.91. The first kappa shape index (κ1) is 18.7. The van der Waals surface area contributed by atoms with Gasteiger partial charge >= 0.3 is 0 Å². The summed E-state index contributed by atoms with van der Waals surface area (Å²) in [6, 6.07) is 17.5. The van der Waals surface area contributed by atoms with Crippen LogP contribution in [0.25, 0.3) is 10.2 Å². The number of aryl methyl sites for hydroxylation is 2. The van der Waals surface area contributed by atoms with Gasteiger partial charge in [-0.15, -0.1) is 0 Å². The van der Waals surface area contributed by atoms with Gasteiger partial charge in [0.15, 0.2) is 5.13 Å². The Morgan fingerprint density at radius 1 is 1.14 bits per heavy atom. The summed E-state index contributed by atoms with van der Waals surface area (Å²) < 4.78 is 2.69. The number of halogens is 1. The van der Waals surface area contributed by atoms with Crippen molar-refractivity contribution in [1.29, 1.82) is 0 Å². The number of hydrogen-bond donors (Lipinski definition) is 0. The van der Waals surface area contributed by atoms with Gasteiger partial charge in [-0.1, -0.05) is 59.3 Å². The van der Waals surface area contributed by atoms with E-state index in [4.69, 9.17) is 11.6 Å². The fourth-order valence-corrected chi connectivity index (χ4v) is 4.38. The maximum atomic E-state index is 13.2. The number of carbonyl (C=O) groups excluding carboxylic acids is 1. The normalized spacial score (nSPS) is 11.1. The number of anilines is 1. The van der Waals surface area contributed by atoms with E-state index >= 15 is 0 Å². The molecular weight excluding hydrogens is 392 g/mol. The zero-order valence-corrected chi connectivity index (χ0v) is 17.2. The van der Waals surface area contributed by atoms with E-state index in [1.807, 2.05) is 68.4 Å². The summed E-state index contributed by atoms with van der Waals surface area (Å²) in [5.74, 6) is -0.0646. The third-order valence-electron chi connectivity index (χ3n) is 4.46. The zero-order valence-electron chi connectivity index (χ0n) is 15.6. The molecule has 2 aromatic carbocycles. The lowest BCUT2D eigenvalue weighted by molar-refractivity contribution is -0.119. The number of para-hydroxylation sites is 1. The quantitative estimate of drug-likeness (QED) is 0.465. The Balaban J connectivity index is 1.71. The van der Waals surface area contributed by atoms with Crippen LogP contribution in [0.3, 0.4) is 0 Å². The Bertz CT molecular complexity index is 1140. The number of nitrogens with zero attached hydrogens (tertiary/aromatic N) is 4. The molecule has 0 saturated carbocycles. The summed E-state index contributed by atoms with van der Waals surface area (Å²) in [6.45, 7) is 4.48. The van der Waals surface area contributed by atoms with Gasteiger partial charge in [0.1, 0.15) is 12.1 Å². The highest BCUT2D eigenvalue weighted by molar-refractivity contribution is 7.22. The average Bonchev–Trinajstić information content (AvgIpc) is 3.24. The third-order valence-corrected chi connectivity index (χ3v) is 5.81. The maximum absolute atomic E-state index is 13.2. The van der Waals surface area contributed by atoms with Crippen LogP contribution in [-0.4, -0.2) is 20.7 Å². The van der Waals surface area contributed by atoms with Crippen LogP contribution in [0.5, 0.6) is 0 Å². The second-order valence-corrected chi connectivity index (χ2v) is 8.05. The first-order valence-corrected chi connectivity index (χ1v) is 10.1. The van der Waals surface area contributed by atoms with Gasteiger partial charge in [-0.2, -0.15) is 5.10 Å².